The molecule has 3 amide bonds. The van der Waals surface area contributed by atoms with Gasteiger partial charge in [0.2, 0.25) is 16.7 Å². The topological polar surface area (TPSA) is 82.1 Å². The summed E-state index contributed by atoms with van der Waals surface area (Å²) in [6, 6.07) is 7.29. The molecule has 0 fully saturated rings. The van der Waals surface area contributed by atoms with Crippen LogP contribution in [-0.2, 0) is 19.3 Å². The zero-order valence-corrected chi connectivity index (χ0v) is 14.7. The number of hydrogen-bond donors (Lipinski definition) is 1. The van der Waals surface area contributed by atoms with Gasteiger partial charge >= 0.3 is 0 Å². The molecule has 1 spiro atoms. The molecule has 0 aromatic heterocycles. The summed E-state index contributed by atoms with van der Waals surface area (Å²) < 4.78 is 0. The zero-order valence-electron chi connectivity index (χ0n) is 13.9. The van der Waals surface area contributed by atoms with E-state index in [2.05, 4.69) is 10.4 Å². The van der Waals surface area contributed by atoms with Gasteiger partial charge in [-0.25, -0.2) is 0 Å². The number of nitrogens with one attached hydrogen (secondary N) is 1. The summed E-state index contributed by atoms with van der Waals surface area (Å²) in [5, 5.41) is 8.19. The summed E-state index contributed by atoms with van der Waals surface area (Å²) >= 11 is 1.09. The minimum atomic E-state index is -1.30. The van der Waals surface area contributed by atoms with Gasteiger partial charge in [0.15, 0.2) is 5.17 Å². The van der Waals surface area contributed by atoms with Crippen LogP contribution >= 0.6 is 11.8 Å². The van der Waals surface area contributed by atoms with Gasteiger partial charge in [-0.05, 0) is 31.7 Å². The molecule has 126 valence electrons. The number of nitrogens with zero attached hydrogens (tertiary/aromatic N) is 3. The van der Waals surface area contributed by atoms with E-state index in [9.17, 15) is 14.4 Å². The molecule has 1 aromatic carbocycles. The number of amidine groups is 1. The van der Waals surface area contributed by atoms with Gasteiger partial charge in [-0.2, -0.15) is 5.01 Å². The summed E-state index contributed by atoms with van der Waals surface area (Å²) in [6.07, 6.45) is 0. The van der Waals surface area contributed by atoms with Crippen LogP contribution < -0.4 is 10.2 Å². The van der Waals surface area contributed by atoms with E-state index in [1.54, 1.807) is 4.90 Å². The Hall–Kier alpha value is -2.35. The number of anilines is 1. The number of hydrazone groups is 1. The van der Waals surface area contributed by atoms with E-state index in [1.807, 2.05) is 38.1 Å². The van der Waals surface area contributed by atoms with Crippen LogP contribution in [0.3, 0.4) is 0 Å². The minimum Gasteiger partial charge on any atom is -0.306 e. The second-order valence-corrected chi connectivity index (χ2v) is 7.13. The number of thioether (sulfide) groups is 1. The summed E-state index contributed by atoms with van der Waals surface area (Å²) in [5.41, 5.74) is 1.46. The van der Waals surface area contributed by atoms with E-state index in [4.69, 9.17) is 0 Å². The molecule has 0 saturated heterocycles. The molecular formula is C16H18N4O3S. The normalized spacial score (nSPS) is 22.2. The van der Waals surface area contributed by atoms with E-state index in [1.165, 1.54) is 18.9 Å². The summed E-state index contributed by atoms with van der Waals surface area (Å²) in [7, 11) is 0. The number of carbonyl (C=O) groups excluding carboxylic acids is 3. The maximum atomic E-state index is 13.3. The molecule has 3 rings (SSSR count). The molecule has 8 heteroatoms. The van der Waals surface area contributed by atoms with Gasteiger partial charge in [0.1, 0.15) is 0 Å². The van der Waals surface area contributed by atoms with Crippen molar-refractivity contribution in [2.75, 3.05) is 4.90 Å². The first kappa shape index (κ1) is 16.5. The molecule has 1 N–H and O–H groups in total. The Bertz CT molecular complexity index is 776. The van der Waals surface area contributed by atoms with Gasteiger partial charge in [-0.15, -0.1) is 5.10 Å². The lowest BCUT2D eigenvalue weighted by molar-refractivity contribution is -0.139. The first-order valence-corrected chi connectivity index (χ1v) is 8.40. The maximum absolute atomic E-state index is 13.3. The number of benzene rings is 1. The van der Waals surface area contributed by atoms with Crippen LogP contribution in [0.4, 0.5) is 5.69 Å². The van der Waals surface area contributed by atoms with Crippen LogP contribution in [0.15, 0.2) is 29.4 Å². The molecule has 0 unspecified atom stereocenters. The van der Waals surface area contributed by atoms with Gasteiger partial charge in [-0.1, -0.05) is 18.2 Å². The number of rotatable bonds is 1. The third-order valence-electron chi connectivity index (χ3n) is 3.87. The smallest absolute Gasteiger partial charge is 0.271 e. The summed E-state index contributed by atoms with van der Waals surface area (Å²) in [6.45, 7) is 6.55. The lowest BCUT2D eigenvalue weighted by Gasteiger charge is -2.30. The second-order valence-electron chi connectivity index (χ2n) is 5.95. The Labute approximate surface area is 144 Å². The largest absolute Gasteiger partial charge is 0.306 e. The summed E-state index contributed by atoms with van der Waals surface area (Å²) in [5.74, 6) is -0.902. The predicted molar refractivity (Wildman–Crippen MR) is 92.1 cm³/mol. The SMILES string of the molecule is CC(=O)NC1=NN(C(C)=O)[C@]2(S1)C(=O)N(C(C)C)c1ccccc12. The molecule has 2 aliphatic heterocycles. The molecule has 0 radical (unpaired) electrons. The molecular weight excluding hydrogens is 328 g/mol. The Morgan fingerprint density at radius 3 is 2.50 bits per heavy atom. The van der Waals surface area contributed by atoms with Crippen molar-refractivity contribution in [2.45, 2.75) is 38.6 Å². The van der Waals surface area contributed by atoms with Gasteiger partial charge in [0.05, 0.1) is 5.69 Å². The molecule has 2 aliphatic rings. The average Bonchev–Trinajstić information content (AvgIpc) is 2.97. The van der Waals surface area contributed by atoms with Crippen LogP contribution in [0.25, 0.3) is 0 Å². The lowest BCUT2D eigenvalue weighted by atomic mass is 10.1. The van der Waals surface area contributed by atoms with E-state index in [-0.39, 0.29) is 28.9 Å². The van der Waals surface area contributed by atoms with E-state index >= 15 is 0 Å². The molecule has 7 nitrogen and oxygen atoms in total. The number of fused-ring (bicyclic) bond motifs is 2. The summed E-state index contributed by atoms with van der Waals surface area (Å²) in [4.78, 5) is 37.2. The van der Waals surface area contributed by atoms with Crippen molar-refractivity contribution < 1.29 is 14.4 Å². The van der Waals surface area contributed by atoms with Crippen molar-refractivity contribution in [3.63, 3.8) is 0 Å². The quantitative estimate of drug-likeness (QED) is 0.837. The van der Waals surface area contributed by atoms with Crippen molar-refractivity contribution in [1.82, 2.24) is 10.3 Å². The third kappa shape index (κ3) is 2.21. The first-order valence-electron chi connectivity index (χ1n) is 7.58. The highest BCUT2D eigenvalue weighted by atomic mass is 32.2. The lowest BCUT2D eigenvalue weighted by Crippen LogP contribution is -2.50. The fourth-order valence-electron chi connectivity index (χ4n) is 3.03. The predicted octanol–water partition coefficient (Wildman–Crippen LogP) is 1.60. The highest BCUT2D eigenvalue weighted by Gasteiger charge is 2.61. The molecule has 24 heavy (non-hydrogen) atoms. The highest BCUT2D eigenvalue weighted by molar-refractivity contribution is 8.15. The van der Waals surface area contributed by atoms with Crippen molar-refractivity contribution in [3.8, 4) is 0 Å². The first-order chi connectivity index (χ1) is 11.3. The Kier molecular flexibility index (Phi) is 3.87. The second kappa shape index (κ2) is 5.62. The van der Waals surface area contributed by atoms with Crippen molar-refractivity contribution in [1.29, 1.82) is 0 Å². The molecule has 0 aliphatic carbocycles. The van der Waals surface area contributed by atoms with Gasteiger partial charge in [-0.3, -0.25) is 14.4 Å². The van der Waals surface area contributed by atoms with Crippen molar-refractivity contribution >= 4 is 40.3 Å². The Morgan fingerprint density at radius 2 is 1.92 bits per heavy atom. The number of hydrogen-bond acceptors (Lipinski definition) is 5. The number of para-hydroxylation sites is 1. The monoisotopic (exact) mass is 346 g/mol. The third-order valence-corrected chi connectivity index (χ3v) is 5.11. The van der Waals surface area contributed by atoms with Crippen LogP contribution in [-0.4, -0.2) is 33.9 Å². The standard InChI is InChI=1S/C16H18N4O3S/c1-9(2)19-13-8-6-5-7-12(13)16(14(19)23)20(11(4)22)18-15(24-16)17-10(3)21/h5-9H,1-4H3,(H,17,18,21)/t16-/m1/s1. The Balaban J connectivity index is 2.17. The Morgan fingerprint density at radius 1 is 1.25 bits per heavy atom. The molecule has 0 saturated carbocycles. The van der Waals surface area contributed by atoms with Crippen molar-refractivity contribution in [2.24, 2.45) is 5.10 Å². The van der Waals surface area contributed by atoms with Crippen LogP contribution in [0.2, 0.25) is 0 Å². The average molecular weight is 346 g/mol. The molecule has 1 atom stereocenters. The zero-order chi connectivity index (χ0) is 17.6. The number of amides is 3. The number of carbonyl (C=O) groups is 3. The van der Waals surface area contributed by atoms with Crippen molar-refractivity contribution in [3.05, 3.63) is 29.8 Å². The fourth-order valence-corrected chi connectivity index (χ4v) is 4.35. The van der Waals surface area contributed by atoms with Gasteiger partial charge in [0.25, 0.3) is 5.91 Å². The van der Waals surface area contributed by atoms with Crippen LogP contribution in [0.5, 0.6) is 0 Å². The minimum absolute atomic E-state index is 0.0720. The maximum Gasteiger partial charge on any atom is 0.271 e. The van der Waals surface area contributed by atoms with E-state index in [0.717, 1.165) is 17.4 Å². The molecule has 2 heterocycles. The van der Waals surface area contributed by atoms with E-state index in [0.29, 0.717) is 5.56 Å². The molecule has 1 aromatic rings. The van der Waals surface area contributed by atoms with Crippen LogP contribution in [0.1, 0.15) is 33.3 Å². The van der Waals surface area contributed by atoms with Crippen LogP contribution in [0, 0.1) is 0 Å². The highest BCUT2D eigenvalue weighted by Crippen LogP contribution is 2.54. The fraction of sp³-hybridized carbons (Fsp3) is 0.375. The van der Waals surface area contributed by atoms with Gasteiger partial charge in [0, 0.05) is 25.5 Å². The van der Waals surface area contributed by atoms with Gasteiger partial charge < -0.3 is 10.2 Å². The molecule has 0 bridgehead atoms. The van der Waals surface area contributed by atoms with E-state index < -0.39 is 4.87 Å².